The van der Waals surface area contributed by atoms with Gasteiger partial charge in [0.1, 0.15) is 5.82 Å². The number of nitrogens with one attached hydrogen (secondary N) is 1. The molecule has 1 spiro atoms. The topological polar surface area (TPSA) is 65.0 Å². The van der Waals surface area contributed by atoms with E-state index < -0.39 is 5.91 Å². The summed E-state index contributed by atoms with van der Waals surface area (Å²) < 4.78 is 20.8. The monoisotopic (exact) mass is 375 g/mol. The van der Waals surface area contributed by atoms with Crippen LogP contribution in [0.25, 0.3) is 0 Å². The summed E-state index contributed by atoms with van der Waals surface area (Å²) in [5.74, 6) is -1.03. The van der Waals surface area contributed by atoms with E-state index in [0.29, 0.717) is 18.2 Å². The van der Waals surface area contributed by atoms with E-state index in [1.807, 2.05) is 0 Å². The second-order valence-electron chi connectivity index (χ2n) is 8.57. The Morgan fingerprint density at radius 1 is 1.22 bits per heavy atom. The number of fused-ring (bicyclic) bond motifs is 1. The molecule has 2 N–H and O–H groups in total. The summed E-state index contributed by atoms with van der Waals surface area (Å²) in [4.78, 5) is 16.5. The number of rotatable bonds is 3. The van der Waals surface area contributed by atoms with Crippen molar-refractivity contribution in [3.05, 3.63) is 34.6 Å². The highest BCUT2D eigenvalue weighted by Crippen LogP contribution is 2.42. The van der Waals surface area contributed by atoms with Crippen molar-refractivity contribution in [3.63, 3.8) is 0 Å². The van der Waals surface area contributed by atoms with Gasteiger partial charge in [-0.25, -0.2) is 9.87 Å². The molecule has 5 rings (SSSR count). The van der Waals surface area contributed by atoms with E-state index in [0.717, 1.165) is 57.1 Å². The Morgan fingerprint density at radius 3 is 2.78 bits per heavy atom. The molecule has 6 nitrogen and oxygen atoms in total. The molecule has 3 fully saturated rings. The van der Waals surface area contributed by atoms with Gasteiger partial charge in [0.05, 0.1) is 5.60 Å². The molecule has 1 saturated carbocycles. The minimum Gasteiger partial charge on any atom is -0.372 e. The Labute approximate surface area is 158 Å². The fourth-order valence-electron chi connectivity index (χ4n) is 5.07. The van der Waals surface area contributed by atoms with Gasteiger partial charge in [0.15, 0.2) is 0 Å². The van der Waals surface area contributed by atoms with Crippen molar-refractivity contribution < 1.29 is 19.1 Å². The predicted octanol–water partition coefficient (Wildman–Crippen LogP) is 1.70. The first-order valence-corrected chi connectivity index (χ1v) is 9.95. The van der Waals surface area contributed by atoms with Crippen molar-refractivity contribution in [2.75, 3.05) is 26.2 Å². The normalized spacial score (nSPS) is 27.9. The Morgan fingerprint density at radius 2 is 2.04 bits per heavy atom. The van der Waals surface area contributed by atoms with E-state index in [2.05, 4.69) is 9.80 Å². The molecule has 3 aliphatic heterocycles. The Kier molecular flexibility index (Phi) is 4.23. The maximum atomic E-state index is 14.6. The Bertz CT molecular complexity index is 761. The van der Waals surface area contributed by atoms with Gasteiger partial charge in [0.25, 0.3) is 5.91 Å². The molecule has 0 bridgehead atoms. The number of halogens is 1. The van der Waals surface area contributed by atoms with Crippen molar-refractivity contribution in [1.29, 1.82) is 0 Å². The average Bonchev–Trinajstić information content (AvgIpc) is 3.50. The number of hydroxylamine groups is 1. The van der Waals surface area contributed by atoms with Crippen molar-refractivity contribution in [1.82, 2.24) is 15.3 Å². The fraction of sp³-hybridized carbons (Fsp3) is 0.650. The molecule has 0 unspecified atom stereocenters. The highest BCUT2D eigenvalue weighted by atomic mass is 19.1. The molecule has 1 atom stereocenters. The van der Waals surface area contributed by atoms with E-state index in [4.69, 9.17) is 9.94 Å². The molecular weight excluding hydrogens is 349 g/mol. The molecule has 0 aromatic heterocycles. The smallest absolute Gasteiger partial charge is 0.274 e. The average molecular weight is 375 g/mol. The van der Waals surface area contributed by atoms with E-state index in [9.17, 15) is 9.18 Å². The second kappa shape index (κ2) is 6.51. The molecule has 1 amide bonds. The number of hydrogen-bond acceptors (Lipinski definition) is 5. The zero-order valence-corrected chi connectivity index (χ0v) is 15.4. The van der Waals surface area contributed by atoms with Crippen molar-refractivity contribution in [3.8, 4) is 0 Å². The van der Waals surface area contributed by atoms with Crippen LogP contribution in [0.2, 0.25) is 0 Å². The fourth-order valence-corrected chi connectivity index (χ4v) is 5.07. The first-order chi connectivity index (χ1) is 13.1. The van der Waals surface area contributed by atoms with Crippen LogP contribution < -0.4 is 5.48 Å². The summed E-state index contributed by atoms with van der Waals surface area (Å²) in [5.41, 5.74) is 3.31. The van der Waals surface area contributed by atoms with Gasteiger partial charge in [0.2, 0.25) is 0 Å². The predicted molar refractivity (Wildman–Crippen MR) is 96.1 cm³/mol. The van der Waals surface area contributed by atoms with E-state index >= 15 is 0 Å². The Hall–Kier alpha value is -1.54. The molecule has 2 saturated heterocycles. The summed E-state index contributed by atoms with van der Waals surface area (Å²) in [6.07, 6.45) is 5.40. The van der Waals surface area contributed by atoms with Gasteiger partial charge in [-0.2, -0.15) is 0 Å². The van der Waals surface area contributed by atoms with Gasteiger partial charge in [-0.3, -0.25) is 19.8 Å². The molecule has 0 radical (unpaired) electrons. The van der Waals surface area contributed by atoms with Crippen LogP contribution in [0.5, 0.6) is 0 Å². The molecule has 7 heteroatoms. The first-order valence-electron chi connectivity index (χ1n) is 9.95. The van der Waals surface area contributed by atoms with Gasteiger partial charge in [0, 0.05) is 56.0 Å². The zero-order valence-electron chi connectivity index (χ0n) is 15.4. The van der Waals surface area contributed by atoms with Crippen LogP contribution in [0.15, 0.2) is 12.1 Å². The van der Waals surface area contributed by atoms with Crippen LogP contribution in [0.3, 0.4) is 0 Å². The number of benzene rings is 1. The molecule has 146 valence electrons. The summed E-state index contributed by atoms with van der Waals surface area (Å²) in [7, 11) is 0. The van der Waals surface area contributed by atoms with Gasteiger partial charge in [-0.1, -0.05) is 0 Å². The van der Waals surface area contributed by atoms with Crippen LogP contribution in [0.1, 0.15) is 47.2 Å². The number of amides is 1. The number of carbonyl (C=O) groups excluding carboxylic acids is 1. The number of hydrogen-bond donors (Lipinski definition) is 2. The van der Waals surface area contributed by atoms with E-state index in [1.54, 1.807) is 11.5 Å². The van der Waals surface area contributed by atoms with Gasteiger partial charge in [-0.15, -0.1) is 0 Å². The van der Waals surface area contributed by atoms with Gasteiger partial charge in [-0.05, 0) is 49.8 Å². The number of nitrogens with zero attached hydrogens (tertiary/aromatic N) is 2. The quantitative estimate of drug-likeness (QED) is 0.622. The minimum atomic E-state index is -0.671. The Balaban J connectivity index is 1.28. The third kappa shape index (κ3) is 3.16. The van der Waals surface area contributed by atoms with Crippen LogP contribution >= 0.6 is 0 Å². The maximum Gasteiger partial charge on any atom is 0.274 e. The van der Waals surface area contributed by atoms with Crippen LogP contribution in [-0.4, -0.2) is 64.8 Å². The van der Waals surface area contributed by atoms with Crippen molar-refractivity contribution >= 4 is 5.91 Å². The third-order valence-corrected chi connectivity index (χ3v) is 6.71. The molecule has 3 heterocycles. The molecule has 27 heavy (non-hydrogen) atoms. The van der Waals surface area contributed by atoms with Gasteiger partial charge >= 0.3 is 0 Å². The highest BCUT2D eigenvalue weighted by molar-refractivity contribution is 5.93. The summed E-state index contributed by atoms with van der Waals surface area (Å²) in [6, 6.07) is 4.14. The molecule has 1 aliphatic carbocycles. The highest BCUT2D eigenvalue weighted by Gasteiger charge is 2.52. The number of ether oxygens (including phenoxy) is 1. The van der Waals surface area contributed by atoms with Crippen molar-refractivity contribution in [2.45, 2.75) is 56.3 Å². The third-order valence-electron chi connectivity index (χ3n) is 6.71. The molecule has 1 aromatic carbocycles. The van der Waals surface area contributed by atoms with Crippen LogP contribution in [-0.2, 0) is 17.7 Å². The van der Waals surface area contributed by atoms with Crippen LogP contribution in [0.4, 0.5) is 4.39 Å². The minimum absolute atomic E-state index is 0.00734. The molecule has 4 aliphatic rings. The SMILES string of the molecule is O=C(NO)c1cc(F)c2c(c1)CCN([C@H]1CCOC3(C1)CN(C1CC1)C3)C2. The number of carbonyl (C=O) groups is 1. The second-order valence-corrected chi connectivity index (χ2v) is 8.57. The standard InChI is InChI=1S/C20H26FN3O3/c21-18-8-14(19(25)22-26)7-13-3-5-23(10-17(13)18)16-4-6-27-20(9-16)11-24(12-20)15-1-2-15/h7-8,15-16,26H,1-6,9-12H2,(H,22,25)/t16-/m0/s1. The summed E-state index contributed by atoms with van der Waals surface area (Å²) in [6.45, 7) is 4.32. The summed E-state index contributed by atoms with van der Waals surface area (Å²) in [5, 5.41) is 8.78. The lowest BCUT2D eigenvalue weighted by atomic mass is 9.82. The van der Waals surface area contributed by atoms with Crippen molar-refractivity contribution in [2.24, 2.45) is 0 Å². The van der Waals surface area contributed by atoms with Crippen LogP contribution in [0, 0.1) is 5.82 Å². The zero-order chi connectivity index (χ0) is 18.6. The lowest BCUT2D eigenvalue weighted by molar-refractivity contribution is -0.185. The first kappa shape index (κ1) is 17.6. The lowest BCUT2D eigenvalue weighted by Gasteiger charge is -2.55. The largest absolute Gasteiger partial charge is 0.372 e. The molecule has 1 aromatic rings. The number of likely N-dealkylation sites (tertiary alicyclic amines) is 1. The summed E-state index contributed by atoms with van der Waals surface area (Å²) >= 11 is 0. The van der Waals surface area contributed by atoms with Gasteiger partial charge < -0.3 is 4.74 Å². The molecular formula is C20H26FN3O3. The maximum absolute atomic E-state index is 14.6. The van der Waals surface area contributed by atoms with E-state index in [-0.39, 0.29) is 17.0 Å². The lowest BCUT2D eigenvalue weighted by Crippen LogP contribution is -2.67. The van der Waals surface area contributed by atoms with E-state index in [1.165, 1.54) is 18.9 Å².